The van der Waals surface area contributed by atoms with Crippen molar-refractivity contribution in [3.05, 3.63) is 109 Å². The average molecular weight is 1180 g/mol. The maximum absolute atomic E-state index is 12.8. The molecule has 0 saturated carbocycles. The Morgan fingerprint density at radius 2 is 0.663 bits per heavy atom. The molecule has 3 N–H and O–H groups in total. The number of hydrogen-bond acceptors (Lipinski definition) is 8. The number of unbranched alkanes of at least 4 members (excludes halogenated alkanes) is 33. The van der Waals surface area contributed by atoms with Gasteiger partial charge >= 0.3 is 19.8 Å². The van der Waals surface area contributed by atoms with E-state index in [1.54, 1.807) is 0 Å². The van der Waals surface area contributed by atoms with Gasteiger partial charge < -0.3 is 20.1 Å². The Labute approximate surface area is 511 Å². The summed E-state index contributed by atoms with van der Waals surface area (Å²) in [7, 11) is -4.40. The monoisotopic (exact) mass is 1180 g/mol. The first kappa shape index (κ1) is 79.7. The number of hydrogen-bond donors (Lipinski definition) is 2. The summed E-state index contributed by atoms with van der Waals surface area (Å²) in [5, 5.41) is 0. The van der Waals surface area contributed by atoms with Gasteiger partial charge in [-0.25, -0.2) is 4.57 Å². The summed E-state index contributed by atoms with van der Waals surface area (Å²) in [5.74, 6) is -0.822. The van der Waals surface area contributed by atoms with Crippen LogP contribution in [0.5, 0.6) is 0 Å². The molecule has 0 aromatic heterocycles. The van der Waals surface area contributed by atoms with Crippen molar-refractivity contribution in [3.63, 3.8) is 0 Å². The lowest BCUT2D eigenvalue weighted by atomic mass is 10.0. The summed E-state index contributed by atoms with van der Waals surface area (Å²) in [6, 6.07) is 0. The second kappa shape index (κ2) is 67.8. The quantitative estimate of drug-likeness (QED) is 0.0264. The molecule has 0 heterocycles. The topological polar surface area (TPSA) is 134 Å². The maximum Gasteiger partial charge on any atom is 0.472 e. The van der Waals surface area contributed by atoms with Crippen molar-refractivity contribution in [2.75, 3.05) is 26.4 Å². The summed E-state index contributed by atoms with van der Waals surface area (Å²) in [6.07, 6.45) is 93.2. The third-order valence-corrected chi connectivity index (χ3v) is 15.6. The molecule has 0 bridgehead atoms. The Morgan fingerprint density at radius 3 is 0.988 bits per heavy atom. The van der Waals surface area contributed by atoms with E-state index in [2.05, 4.69) is 123 Å². The van der Waals surface area contributed by atoms with Crippen LogP contribution < -0.4 is 5.73 Å². The van der Waals surface area contributed by atoms with Crippen LogP contribution in [-0.2, 0) is 32.7 Å². The van der Waals surface area contributed by atoms with Crippen LogP contribution in [0.4, 0.5) is 0 Å². The highest BCUT2D eigenvalue weighted by atomic mass is 31.2. The average Bonchev–Trinajstić information content (AvgIpc) is 3.48. The van der Waals surface area contributed by atoms with Crippen molar-refractivity contribution in [1.29, 1.82) is 0 Å². The van der Waals surface area contributed by atoms with Crippen LogP contribution in [0, 0.1) is 0 Å². The van der Waals surface area contributed by atoms with Crippen LogP contribution >= 0.6 is 7.82 Å². The number of esters is 2. The van der Waals surface area contributed by atoms with E-state index < -0.39 is 26.5 Å². The molecule has 478 valence electrons. The van der Waals surface area contributed by atoms with Gasteiger partial charge in [0.1, 0.15) is 6.61 Å². The van der Waals surface area contributed by atoms with Crippen LogP contribution in [-0.4, -0.2) is 49.3 Å². The van der Waals surface area contributed by atoms with Crippen LogP contribution in [0.2, 0.25) is 0 Å². The molecule has 0 radical (unpaired) electrons. The Bertz CT molecular complexity index is 1730. The fraction of sp³-hybridized carbons (Fsp3) is 0.726. The summed E-state index contributed by atoms with van der Waals surface area (Å²) < 4.78 is 33.2. The lowest BCUT2D eigenvalue weighted by molar-refractivity contribution is -0.161. The highest BCUT2D eigenvalue weighted by Gasteiger charge is 2.26. The molecular weight excluding hydrogens is 1050 g/mol. The molecule has 0 saturated heterocycles. The predicted molar refractivity (Wildman–Crippen MR) is 358 cm³/mol. The van der Waals surface area contributed by atoms with E-state index >= 15 is 0 Å². The summed E-state index contributed by atoms with van der Waals surface area (Å²) in [6.45, 7) is 3.65. The molecule has 83 heavy (non-hydrogen) atoms. The van der Waals surface area contributed by atoms with Gasteiger partial charge in [0.15, 0.2) is 6.10 Å². The number of rotatable bonds is 64. The van der Waals surface area contributed by atoms with E-state index in [0.717, 1.165) is 89.9 Å². The molecule has 10 heteroatoms. The van der Waals surface area contributed by atoms with Crippen molar-refractivity contribution in [2.45, 2.75) is 315 Å². The van der Waals surface area contributed by atoms with Crippen LogP contribution in [0.25, 0.3) is 0 Å². The van der Waals surface area contributed by atoms with Crippen molar-refractivity contribution in [1.82, 2.24) is 0 Å². The molecule has 0 spiro atoms. The minimum absolute atomic E-state index is 0.0508. The zero-order valence-electron chi connectivity index (χ0n) is 53.7. The van der Waals surface area contributed by atoms with Gasteiger partial charge in [0.2, 0.25) is 0 Å². The van der Waals surface area contributed by atoms with E-state index in [4.69, 9.17) is 24.3 Å². The molecule has 0 aromatic rings. The highest BCUT2D eigenvalue weighted by molar-refractivity contribution is 7.47. The second-order valence-electron chi connectivity index (χ2n) is 22.7. The Balaban J connectivity index is 3.87. The number of carbonyl (C=O) groups excluding carboxylic acids is 2. The SMILES string of the molecule is CC/C=C\C/C=C\C/C=C\C/C=C\C/C=C\C/C=C\C/C=C\CCCCCCCCCCCCCCCCCCCC(=O)OC(COC(=O)CCCCCCCCCCCCC/C=C\C/C=C\CCCCCCC)COP(=O)(O)OCCN. The molecule has 0 amide bonds. The number of nitrogens with two attached hydrogens (primary N) is 1. The van der Waals surface area contributed by atoms with Crippen molar-refractivity contribution < 1.29 is 37.6 Å². The van der Waals surface area contributed by atoms with Gasteiger partial charge in [-0.15, -0.1) is 0 Å². The first-order chi connectivity index (χ1) is 40.8. The Morgan fingerprint density at radius 1 is 0.373 bits per heavy atom. The van der Waals surface area contributed by atoms with Gasteiger partial charge in [0.05, 0.1) is 13.2 Å². The molecule has 0 aliphatic heterocycles. The first-order valence-electron chi connectivity index (χ1n) is 34.4. The third kappa shape index (κ3) is 67.7. The number of ether oxygens (including phenoxy) is 2. The van der Waals surface area contributed by atoms with E-state index in [9.17, 15) is 19.0 Å². The molecule has 0 fully saturated rings. The normalized spacial score (nSPS) is 13.6. The number of allylic oxidation sites excluding steroid dienone is 18. The maximum atomic E-state index is 12.8. The minimum Gasteiger partial charge on any atom is -0.462 e. The predicted octanol–water partition coefficient (Wildman–Crippen LogP) is 22.5. The van der Waals surface area contributed by atoms with E-state index in [-0.39, 0.29) is 38.6 Å². The Hall–Kier alpha value is -3.33. The zero-order valence-corrected chi connectivity index (χ0v) is 54.5. The molecular formula is C73H128NO8P. The van der Waals surface area contributed by atoms with Gasteiger partial charge in [0, 0.05) is 19.4 Å². The molecule has 2 unspecified atom stereocenters. The van der Waals surface area contributed by atoms with Gasteiger partial charge in [-0.05, 0) is 103 Å². The number of carbonyl (C=O) groups is 2. The lowest BCUT2D eigenvalue weighted by Crippen LogP contribution is -2.29. The van der Waals surface area contributed by atoms with Crippen LogP contribution in [0.15, 0.2) is 109 Å². The first-order valence-corrected chi connectivity index (χ1v) is 35.9. The van der Waals surface area contributed by atoms with E-state index in [1.165, 1.54) is 186 Å². The highest BCUT2D eigenvalue weighted by Crippen LogP contribution is 2.43. The summed E-state index contributed by atoms with van der Waals surface area (Å²) in [5.41, 5.74) is 5.40. The summed E-state index contributed by atoms with van der Waals surface area (Å²) >= 11 is 0. The van der Waals surface area contributed by atoms with Gasteiger partial charge in [-0.3, -0.25) is 18.6 Å². The van der Waals surface area contributed by atoms with Gasteiger partial charge in [0.25, 0.3) is 0 Å². The molecule has 0 aliphatic rings. The van der Waals surface area contributed by atoms with Crippen molar-refractivity contribution in [2.24, 2.45) is 5.73 Å². The smallest absolute Gasteiger partial charge is 0.462 e. The zero-order chi connectivity index (χ0) is 60.1. The van der Waals surface area contributed by atoms with Crippen LogP contribution in [0.3, 0.4) is 0 Å². The molecule has 0 aliphatic carbocycles. The van der Waals surface area contributed by atoms with E-state index in [0.29, 0.717) is 6.42 Å². The fourth-order valence-electron chi connectivity index (χ4n) is 9.59. The van der Waals surface area contributed by atoms with E-state index in [1.807, 2.05) is 0 Å². The molecule has 2 atom stereocenters. The van der Waals surface area contributed by atoms with Crippen LogP contribution in [0.1, 0.15) is 309 Å². The largest absolute Gasteiger partial charge is 0.472 e. The molecule has 0 aromatic carbocycles. The second-order valence-corrected chi connectivity index (χ2v) is 24.1. The fourth-order valence-corrected chi connectivity index (χ4v) is 10.4. The number of phosphoric acid groups is 1. The van der Waals surface area contributed by atoms with Gasteiger partial charge in [-0.1, -0.05) is 303 Å². The standard InChI is InChI=1S/C73H128NO8P/c1-3-5-7-9-11-13-15-17-19-21-23-25-27-28-29-30-31-32-33-34-35-36-37-38-39-40-41-42-44-46-48-50-52-54-56-58-60-62-64-66-73(76)82-71(70-81-83(77,78)80-68-67-74)69-79-72(75)65-63-61-59-57-55-53-51-49-47-45-43-26-24-22-20-18-16-14-12-10-8-6-4-2/h5,7,11,13,16-19,22-25,28-29,31-32,34-35,71H,3-4,6,8-10,12,14-15,20-21,26-27,30,33,36-70,74H2,1-2H3,(H,77,78)/b7-5-,13-11-,18-16-,19-17-,24-22-,25-23-,29-28-,32-31-,35-34-. The lowest BCUT2D eigenvalue weighted by Gasteiger charge is -2.19. The Kier molecular flexibility index (Phi) is 65.1. The third-order valence-electron chi connectivity index (χ3n) is 14.6. The summed E-state index contributed by atoms with van der Waals surface area (Å²) in [4.78, 5) is 35.3. The van der Waals surface area contributed by atoms with Crippen molar-refractivity contribution in [3.8, 4) is 0 Å². The molecule has 9 nitrogen and oxygen atoms in total. The van der Waals surface area contributed by atoms with Crippen molar-refractivity contribution >= 4 is 19.8 Å². The minimum atomic E-state index is -4.40. The van der Waals surface area contributed by atoms with Gasteiger partial charge in [-0.2, -0.15) is 0 Å². The molecule has 0 rings (SSSR count). The number of phosphoric ester groups is 1.